The van der Waals surface area contributed by atoms with Gasteiger partial charge in [-0.25, -0.2) is 0 Å². The zero-order chi connectivity index (χ0) is 22.1. The summed E-state index contributed by atoms with van der Waals surface area (Å²) in [6, 6.07) is 20.1. The Labute approximate surface area is 180 Å². The van der Waals surface area contributed by atoms with Crippen molar-refractivity contribution in [2.75, 3.05) is 4.90 Å². The van der Waals surface area contributed by atoms with E-state index in [0.717, 1.165) is 17.5 Å². The van der Waals surface area contributed by atoms with Crippen molar-refractivity contribution < 1.29 is 19.8 Å². The number of nitrogens with zero attached hydrogens (tertiary/aromatic N) is 1. The summed E-state index contributed by atoms with van der Waals surface area (Å²) in [5.41, 5.74) is 3.58. The molecule has 156 valence electrons. The highest BCUT2D eigenvalue weighted by atomic mass is 16.3. The van der Waals surface area contributed by atoms with E-state index in [-0.39, 0.29) is 17.1 Å². The Hall–Kier alpha value is -3.86. The van der Waals surface area contributed by atoms with Crippen molar-refractivity contribution in [3.63, 3.8) is 0 Å². The molecule has 3 aromatic carbocycles. The highest BCUT2D eigenvalue weighted by Gasteiger charge is 2.47. The topological polar surface area (TPSA) is 77.8 Å². The second-order valence-corrected chi connectivity index (χ2v) is 7.65. The molecular formula is C26H23NO4. The number of Topliss-reactive ketones (excluding diaryl/α,β-unsaturated/α-hetero) is 1. The molecule has 1 saturated heterocycles. The number of ketones is 1. The van der Waals surface area contributed by atoms with Crippen molar-refractivity contribution in [1.82, 2.24) is 0 Å². The number of hydrogen-bond donors (Lipinski definition) is 2. The smallest absolute Gasteiger partial charge is 0.300 e. The summed E-state index contributed by atoms with van der Waals surface area (Å²) in [4.78, 5) is 27.6. The SMILES string of the molecule is CCc1ccc(/C(O)=C2\C(=O)C(=O)N(c3cccc(C)c3)C2c2cccc(O)c2)cc1. The van der Waals surface area contributed by atoms with Gasteiger partial charge in [0, 0.05) is 11.3 Å². The fourth-order valence-corrected chi connectivity index (χ4v) is 3.94. The maximum absolute atomic E-state index is 13.1. The Morgan fingerprint density at radius 1 is 0.968 bits per heavy atom. The lowest BCUT2D eigenvalue weighted by atomic mass is 9.94. The third kappa shape index (κ3) is 3.70. The molecule has 1 heterocycles. The molecule has 0 bridgehead atoms. The molecule has 5 heteroatoms. The lowest BCUT2D eigenvalue weighted by molar-refractivity contribution is -0.132. The second kappa shape index (κ2) is 8.11. The van der Waals surface area contributed by atoms with E-state index in [9.17, 15) is 19.8 Å². The van der Waals surface area contributed by atoms with Crippen molar-refractivity contribution in [3.05, 3.63) is 101 Å². The molecule has 2 N–H and O–H groups in total. The molecule has 5 nitrogen and oxygen atoms in total. The third-order valence-electron chi connectivity index (χ3n) is 5.55. The highest BCUT2D eigenvalue weighted by molar-refractivity contribution is 6.51. The average molecular weight is 413 g/mol. The second-order valence-electron chi connectivity index (χ2n) is 7.65. The number of phenolic OH excluding ortho intramolecular Hbond substituents is 1. The summed E-state index contributed by atoms with van der Waals surface area (Å²) in [7, 11) is 0. The van der Waals surface area contributed by atoms with Crippen molar-refractivity contribution >= 4 is 23.1 Å². The number of aromatic hydroxyl groups is 1. The van der Waals surface area contributed by atoms with E-state index >= 15 is 0 Å². The Morgan fingerprint density at radius 2 is 1.68 bits per heavy atom. The first-order valence-corrected chi connectivity index (χ1v) is 10.2. The molecule has 1 aliphatic heterocycles. The molecule has 0 aromatic heterocycles. The van der Waals surface area contributed by atoms with Crippen molar-refractivity contribution in [3.8, 4) is 5.75 Å². The van der Waals surface area contributed by atoms with Gasteiger partial charge in [0.1, 0.15) is 11.5 Å². The van der Waals surface area contributed by atoms with E-state index < -0.39 is 17.7 Å². The van der Waals surface area contributed by atoms with Crippen LogP contribution in [0.15, 0.2) is 78.4 Å². The van der Waals surface area contributed by atoms with Crippen LogP contribution in [-0.4, -0.2) is 21.9 Å². The highest BCUT2D eigenvalue weighted by Crippen LogP contribution is 2.42. The Bertz CT molecular complexity index is 1190. The number of carbonyl (C=O) groups excluding carboxylic acids is 2. The van der Waals surface area contributed by atoms with Crippen LogP contribution in [0.25, 0.3) is 5.76 Å². The van der Waals surface area contributed by atoms with E-state index in [1.807, 2.05) is 44.2 Å². The molecule has 1 unspecified atom stereocenters. The standard InChI is InChI=1S/C26H23NO4/c1-3-17-10-12-18(13-11-17)24(29)22-23(19-7-5-9-21(28)15-19)27(26(31)25(22)30)20-8-4-6-16(2)14-20/h4-15,23,28-29H,3H2,1-2H3/b24-22+. The zero-order valence-electron chi connectivity index (χ0n) is 17.4. The van der Waals surface area contributed by atoms with Crippen LogP contribution < -0.4 is 4.90 Å². The number of aliphatic hydroxyl groups is 1. The van der Waals surface area contributed by atoms with Gasteiger partial charge in [-0.15, -0.1) is 0 Å². The number of anilines is 1. The van der Waals surface area contributed by atoms with Crippen molar-refractivity contribution in [2.24, 2.45) is 0 Å². The predicted octanol–water partition coefficient (Wildman–Crippen LogP) is 4.89. The van der Waals surface area contributed by atoms with Gasteiger partial charge in [0.15, 0.2) is 0 Å². The van der Waals surface area contributed by atoms with Crippen LogP contribution in [0.1, 0.15) is 35.2 Å². The maximum atomic E-state index is 13.1. The molecule has 0 aliphatic carbocycles. The van der Waals surface area contributed by atoms with Gasteiger partial charge in [-0.3, -0.25) is 14.5 Å². The Balaban J connectivity index is 1.94. The van der Waals surface area contributed by atoms with Crippen LogP contribution in [0.2, 0.25) is 0 Å². The summed E-state index contributed by atoms with van der Waals surface area (Å²) in [6.07, 6.45) is 0.849. The minimum absolute atomic E-state index is 0.00125. The van der Waals surface area contributed by atoms with Crippen LogP contribution in [-0.2, 0) is 16.0 Å². The van der Waals surface area contributed by atoms with Gasteiger partial charge in [0.25, 0.3) is 11.7 Å². The number of hydrogen-bond acceptors (Lipinski definition) is 4. The van der Waals surface area contributed by atoms with Crippen LogP contribution in [0.4, 0.5) is 5.69 Å². The molecule has 4 rings (SSSR count). The molecule has 1 amide bonds. The minimum Gasteiger partial charge on any atom is -0.508 e. The molecule has 3 aromatic rings. The first kappa shape index (κ1) is 20.4. The first-order valence-electron chi connectivity index (χ1n) is 10.2. The molecular weight excluding hydrogens is 390 g/mol. The molecule has 1 aliphatic rings. The number of phenols is 1. The number of aryl methyl sites for hydroxylation is 2. The third-order valence-corrected chi connectivity index (χ3v) is 5.55. The van der Waals surface area contributed by atoms with Gasteiger partial charge in [-0.2, -0.15) is 0 Å². The van der Waals surface area contributed by atoms with Gasteiger partial charge in [-0.05, 0) is 54.3 Å². The molecule has 0 radical (unpaired) electrons. The van der Waals surface area contributed by atoms with Crippen molar-refractivity contribution in [2.45, 2.75) is 26.3 Å². The molecule has 1 fully saturated rings. The summed E-state index contributed by atoms with van der Waals surface area (Å²) in [6.45, 7) is 3.93. The first-order chi connectivity index (χ1) is 14.9. The van der Waals surface area contributed by atoms with Crippen LogP contribution in [0, 0.1) is 6.92 Å². The Kier molecular flexibility index (Phi) is 5.34. The minimum atomic E-state index is -0.861. The number of carbonyl (C=O) groups is 2. The van der Waals surface area contributed by atoms with Crippen LogP contribution >= 0.6 is 0 Å². The predicted molar refractivity (Wildman–Crippen MR) is 120 cm³/mol. The lowest BCUT2D eigenvalue weighted by Crippen LogP contribution is -2.29. The number of aliphatic hydroxyl groups excluding tert-OH is 1. The fourth-order valence-electron chi connectivity index (χ4n) is 3.94. The van der Waals surface area contributed by atoms with E-state index in [1.54, 1.807) is 30.3 Å². The normalized spacial score (nSPS) is 17.9. The lowest BCUT2D eigenvalue weighted by Gasteiger charge is -2.25. The van der Waals surface area contributed by atoms with E-state index in [2.05, 4.69) is 0 Å². The fraction of sp³-hybridized carbons (Fsp3) is 0.154. The van der Waals surface area contributed by atoms with E-state index in [4.69, 9.17) is 0 Å². The van der Waals surface area contributed by atoms with Gasteiger partial charge < -0.3 is 10.2 Å². The largest absolute Gasteiger partial charge is 0.508 e. The molecule has 0 saturated carbocycles. The summed E-state index contributed by atoms with van der Waals surface area (Å²) < 4.78 is 0. The van der Waals surface area contributed by atoms with E-state index in [1.165, 1.54) is 17.0 Å². The quantitative estimate of drug-likeness (QED) is 0.363. The monoisotopic (exact) mass is 413 g/mol. The molecule has 1 atom stereocenters. The van der Waals surface area contributed by atoms with Crippen LogP contribution in [0.5, 0.6) is 5.75 Å². The van der Waals surface area contributed by atoms with Gasteiger partial charge in [-0.1, -0.05) is 55.5 Å². The summed E-state index contributed by atoms with van der Waals surface area (Å²) in [5, 5.41) is 21.1. The van der Waals surface area contributed by atoms with E-state index in [0.29, 0.717) is 16.8 Å². The van der Waals surface area contributed by atoms with Gasteiger partial charge in [0.2, 0.25) is 0 Å². The number of amides is 1. The summed E-state index contributed by atoms with van der Waals surface area (Å²) >= 11 is 0. The average Bonchev–Trinajstić information content (AvgIpc) is 3.04. The zero-order valence-corrected chi connectivity index (χ0v) is 17.4. The maximum Gasteiger partial charge on any atom is 0.300 e. The summed E-state index contributed by atoms with van der Waals surface area (Å²) in [5.74, 6) is -1.69. The molecule has 31 heavy (non-hydrogen) atoms. The number of rotatable bonds is 4. The van der Waals surface area contributed by atoms with Gasteiger partial charge >= 0.3 is 0 Å². The van der Waals surface area contributed by atoms with Gasteiger partial charge in [0.05, 0.1) is 11.6 Å². The van der Waals surface area contributed by atoms with Crippen LogP contribution in [0.3, 0.4) is 0 Å². The Morgan fingerprint density at radius 3 is 2.32 bits per heavy atom. The number of benzene rings is 3. The molecule has 0 spiro atoms. The van der Waals surface area contributed by atoms with Crippen molar-refractivity contribution in [1.29, 1.82) is 0 Å².